The van der Waals surface area contributed by atoms with Crippen molar-refractivity contribution in [3.63, 3.8) is 0 Å². The minimum atomic E-state index is -0.260. The molecule has 4 unspecified atom stereocenters. The van der Waals surface area contributed by atoms with Crippen molar-refractivity contribution < 1.29 is 9.59 Å². The number of piperazine rings is 1. The van der Waals surface area contributed by atoms with Crippen molar-refractivity contribution in [1.82, 2.24) is 9.80 Å². The van der Waals surface area contributed by atoms with Gasteiger partial charge in [-0.3, -0.25) is 9.59 Å². The van der Waals surface area contributed by atoms with Crippen LogP contribution in [0.25, 0.3) is 0 Å². The standard InChI is InChI=1S/C16H26N2O2/c1-11-6-5-7-13(11)10-18-12(2)15(19)17-9-4-3-8-14(17)16(18)20/h11-14H,3-10H2,1-2H3. The maximum Gasteiger partial charge on any atom is 0.246 e. The van der Waals surface area contributed by atoms with Gasteiger partial charge in [0, 0.05) is 13.1 Å². The predicted octanol–water partition coefficient (Wildman–Crippen LogP) is 2.03. The van der Waals surface area contributed by atoms with Crippen LogP contribution in [-0.2, 0) is 9.59 Å². The zero-order valence-electron chi connectivity index (χ0n) is 12.7. The molecule has 4 atom stereocenters. The zero-order chi connectivity index (χ0) is 14.3. The fourth-order valence-electron chi connectivity index (χ4n) is 4.20. The molecule has 112 valence electrons. The summed E-state index contributed by atoms with van der Waals surface area (Å²) in [5, 5.41) is 0. The number of carbonyl (C=O) groups is 2. The van der Waals surface area contributed by atoms with Crippen LogP contribution in [0.4, 0.5) is 0 Å². The van der Waals surface area contributed by atoms with Crippen LogP contribution in [0.5, 0.6) is 0 Å². The first-order valence-corrected chi connectivity index (χ1v) is 8.20. The van der Waals surface area contributed by atoms with Crippen LogP contribution in [-0.4, -0.2) is 46.8 Å². The van der Waals surface area contributed by atoms with Crippen molar-refractivity contribution in [1.29, 1.82) is 0 Å². The van der Waals surface area contributed by atoms with Crippen LogP contribution in [0.15, 0.2) is 0 Å². The first kappa shape index (κ1) is 13.9. The molecule has 0 radical (unpaired) electrons. The number of rotatable bonds is 2. The molecule has 2 saturated heterocycles. The molecule has 0 aromatic carbocycles. The van der Waals surface area contributed by atoms with Gasteiger partial charge in [-0.2, -0.15) is 0 Å². The number of hydrogen-bond donors (Lipinski definition) is 0. The molecular weight excluding hydrogens is 252 g/mol. The van der Waals surface area contributed by atoms with E-state index in [2.05, 4.69) is 6.92 Å². The Morgan fingerprint density at radius 3 is 2.50 bits per heavy atom. The molecule has 0 aromatic heterocycles. The van der Waals surface area contributed by atoms with Gasteiger partial charge in [0.15, 0.2) is 0 Å². The van der Waals surface area contributed by atoms with Gasteiger partial charge in [0.2, 0.25) is 11.8 Å². The van der Waals surface area contributed by atoms with Crippen LogP contribution in [0.1, 0.15) is 52.4 Å². The highest BCUT2D eigenvalue weighted by Gasteiger charge is 2.45. The fourth-order valence-corrected chi connectivity index (χ4v) is 4.20. The Labute approximate surface area is 121 Å². The molecule has 4 heteroatoms. The molecule has 2 aliphatic heterocycles. The Balaban J connectivity index is 1.76. The highest BCUT2D eigenvalue weighted by Crippen LogP contribution is 2.34. The van der Waals surface area contributed by atoms with Crippen LogP contribution in [0, 0.1) is 11.8 Å². The van der Waals surface area contributed by atoms with Gasteiger partial charge in [-0.25, -0.2) is 0 Å². The van der Waals surface area contributed by atoms with Crippen LogP contribution >= 0.6 is 0 Å². The molecular formula is C16H26N2O2. The molecule has 0 N–H and O–H groups in total. The predicted molar refractivity (Wildman–Crippen MR) is 77.0 cm³/mol. The van der Waals surface area contributed by atoms with E-state index >= 15 is 0 Å². The molecule has 2 amide bonds. The number of carbonyl (C=O) groups excluding carboxylic acids is 2. The Hall–Kier alpha value is -1.06. The van der Waals surface area contributed by atoms with E-state index in [1.807, 2.05) is 16.7 Å². The number of nitrogens with zero attached hydrogens (tertiary/aromatic N) is 2. The average molecular weight is 278 g/mol. The van der Waals surface area contributed by atoms with Crippen LogP contribution in [0.3, 0.4) is 0 Å². The number of amides is 2. The van der Waals surface area contributed by atoms with E-state index in [1.165, 1.54) is 19.3 Å². The van der Waals surface area contributed by atoms with Gasteiger partial charge >= 0.3 is 0 Å². The van der Waals surface area contributed by atoms with E-state index in [1.54, 1.807) is 0 Å². The summed E-state index contributed by atoms with van der Waals surface area (Å²) in [6.07, 6.45) is 6.72. The highest BCUT2D eigenvalue weighted by molar-refractivity contribution is 5.96. The lowest BCUT2D eigenvalue weighted by Crippen LogP contribution is -2.65. The second-order valence-corrected chi connectivity index (χ2v) is 6.88. The quantitative estimate of drug-likeness (QED) is 0.775. The van der Waals surface area contributed by atoms with Gasteiger partial charge in [0.25, 0.3) is 0 Å². The third-order valence-electron chi connectivity index (χ3n) is 5.65. The fraction of sp³-hybridized carbons (Fsp3) is 0.875. The molecule has 1 saturated carbocycles. The van der Waals surface area contributed by atoms with E-state index in [4.69, 9.17) is 0 Å². The monoisotopic (exact) mass is 278 g/mol. The molecule has 0 aromatic rings. The summed E-state index contributed by atoms with van der Waals surface area (Å²) >= 11 is 0. The molecule has 2 heterocycles. The Bertz CT molecular complexity index is 409. The summed E-state index contributed by atoms with van der Waals surface area (Å²) in [6, 6.07) is -0.422. The SMILES string of the molecule is CC1CCCC1CN1C(=O)C2CCCCN2C(=O)C1C. The Morgan fingerprint density at radius 1 is 1.00 bits per heavy atom. The summed E-state index contributed by atoms with van der Waals surface area (Å²) in [4.78, 5) is 29.0. The van der Waals surface area contributed by atoms with Crippen LogP contribution < -0.4 is 0 Å². The first-order chi connectivity index (χ1) is 9.59. The molecule has 3 rings (SSSR count). The molecule has 3 aliphatic rings. The largest absolute Gasteiger partial charge is 0.329 e. The number of piperidine rings is 1. The molecule has 3 fully saturated rings. The lowest BCUT2D eigenvalue weighted by molar-refractivity contribution is -0.163. The van der Waals surface area contributed by atoms with E-state index in [-0.39, 0.29) is 23.9 Å². The Kier molecular flexibility index (Phi) is 3.74. The summed E-state index contributed by atoms with van der Waals surface area (Å²) < 4.78 is 0. The zero-order valence-corrected chi connectivity index (χ0v) is 12.7. The van der Waals surface area contributed by atoms with E-state index in [0.29, 0.717) is 11.8 Å². The molecule has 4 nitrogen and oxygen atoms in total. The minimum absolute atomic E-state index is 0.163. The smallest absolute Gasteiger partial charge is 0.246 e. The van der Waals surface area contributed by atoms with E-state index < -0.39 is 0 Å². The van der Waals surface area contributed by atoms with Crippen LogP contribution in [0.2, 0.25) is 0 Å². The van der Waals surface area contributed by atoms with Crippen molar-refractivity contribution in [3.8, 4) is 0 Å². The maximum atomic E-state index is 12.7. The summed E-state index contributed by atoms with van der Waals surface area (Å²) in [7, 11) is 0. The maximum absolute atomic E-state index is 12.7. The van der Waals surface area contributed by atoms with Crippen molar-refractivity contribution >= 4 is 11.8 Å². The van der Waals surface area contributed by atoms with E-state index in [9.17, 15) is 9.59 Å². The van der Waals surface area contributed by atoms with Crippen molar-refractivity contribution in [2.75, 3.05) is 13.1 Å². The van der Waals surface area contributed by atoms with Gasteiger partial charge < -0.3 is 9.80 Å². The minimum Gasteiger partial charge on any atom is -0.329 e. The summed E-state index contributed by atoms with van der Waals surface area (Å²) in [6.45, 7) is 5.75. The molecule has 0 bridgehead atoms. The normalized spacial score (nSPS) is 38.3. The van der Waals surface area contributed by atoms with E-state index in [0.717, 1.165) is 32.4 Å². The molecule has 1 aliphatic carbocycles. The average Bonchev–Trinajstić information content (AvgIpc) is 2.86. The van der Waals surface area contributed by atoms with Gasteiger partial charge in [-0.15, -0.1) is 0 Å². The van der Waals surface area contributed by atoms with Gasteiger partial charge in [0.05, 0.1) is 0 Å². The molecule has 0 spiro atoms. The number of hydrogen-bond acceptors (Lipinski definition) is 2. The highest BCUT2D eigenvalue weighted by atomic mass is 16.2. The Morgan fingerprint density at radius 2 is 1.80 bits per heavy atom. The van der Waals surface area contributed by atoms with Crippen molar-refractivity contribution in [2.45, 2.75) is 64.5 Å². The second-order valence-electron chi connectivity index (χ2n) is 6.88. The summed E-state index contributed by atoms with van der Waals surface area (Å²) in [5.74, 6) is 1.65. The van der Waals surface area contributed by atoms with Gasteiger partial charge in [-0.05, 0) is 44.4 Å². The third-order valence-corrected chi connectivity index (χ3v) is 5.65. The number of fused-ring (bicyclic) bond motifs is 1. The molecule has 20 heavy (non-hydrogen) atoms. The summed E-state index contributed by atoms with van der Waals surface area (Å²) in [5.41, 5.74) is 0. The lowest BCUT2D eigenvalue weighted by atomic mass is 9.92. The van der Waals surface area contributed by atoms with Gasteiger partial charge in [0.1, 0.15) is 12.1 Å². The third kappa shape index (κ3) is 2.23. The topological polar surface area (TPSA) is 40.6 Å². The second kappa shape index (κ2) is 5.38. The van der Waals surface area contributed by atoms with Crippen molar-refractivity contribution in [2.24, 2.45) is 11.8 Å². The van der Waals surface area contributed by atoms with Gasteiger partial charge in [-0.1, -0.05) is 19.8 Å². The van der Waals surface area contributed by atoms with Crippen molar-refractivity contribution in [3.05, 3.63) is 0 Å². The lowest BCUT2D eigenvalue weighted by Gasteiger charge is -2.47. The first-order valence-electron chi connectivity index (χ1n) is 8.20.